The summed E-state index contributed by atoms with van der Waals surface area (Å²) in [4.78, 5) is 37.5. The van der Waals surface area contributed by atoms with Crippen molar-refractivity contribution in [1.82, 2.24) is 0 Å². The number of carbonyl (C=O) groups is 3. The minimum Gasteiger partial charge on any atom is -0.495 e. The number of hydrogen-bond donors (Lipinski definition) is 1. The predicted molar refractivity (Wildman–Crippen MR) is 102 cm³/mol. The molecule has 2 aromatic carbocycles. The highest BCUT2D eigenvalue weighted by Crippen LogP contribution is 2.29. The van der Waals surface area contributed by atoms with Gasteiger partial charge >= 0.3 is 5.97 Å². The number of amides is 2. The summed E-state index contributed by atoms with van der Waals surface area (Å²) in [6.45, 7) is 1.08. The molecule has 2 amide bonds. The Morgan fingerprint density at radius 3 is 2.41 bits per heavy atom. The van der Waals surface area contributed by atoms with Crippen molar-refractivity contribution in [2.75, 3.05) is 31.0 Å². The SMILES string of the molecule is COC(=O)c1ccccc1NC(=O)CN(C(C)=O)c1ccc(OC)c(Cl)c1. The van der Waals surface area contributed by atoms with E-state index in [0.29, 0.717) is 22.1 Å². The molecule has 0 heterocycles. The molecule has 2 aromatic rings. The zero-order valence-electron chi connectivity index (χ0n) is 15.1. The Balaban J connectivity index is 2.21. The van der Waals surface area contributed by atoms with Gasteiger partial charge in [-0.2, -0.15) is 0 Å². The summed E-state index contributed by atoms with van der Waals surface area (Å²) in [6, 6.07) is 11.2. The van der Waals surface area contributed by atoms with Crippen LogP contribution >= 0.6 is 11.6 Å². The van der Waals surface area contributed by atoms with Crippen molar-refractivity contribution in [3.8, 4) is 5.75 Å². The standard InChI is InChI=1S/C19H19ClN2O5/c1-12(23)22(13-8-9-17(26-2)15(20)10-13)11-18(24)21-16-7-5-4-6-14(16)19(25)27-3/h4-10H,11H2,1-3H3,(H,21,24). The minimum absolute atomic E-state index is 0.218. The van der Waals surface area contributed by atoms with Crippen LogP contribution in [0.3, 0.4) is 0 Å². The number of esters is 1. The molecule has 0 radical (unpaired) electrons. The molecule has 1 N–H and O–H groups in total. The van der Waals surface area contributed by atoms with E-state index in [-0.39, 0.29) is 18.0 Å². The van der Waals surface area contributed by atoms with Crippen LogP contribution in [0.15, 0.2) is 42.5 Å². The summed E-state index contributed by atoms with van der Waals surface area (Å²) >= 11 is 6.10. The Kier molecular flexibility index (Phi) is 6.79. The van der Waals surface area contributed by atoms with E-state index in [1.54, 1.807) is 30.3 Å². The monoisotopic (exact) mass is 390 g/mol. The number of halogens is 1. The van der Waals surface area contributed by atoms with Gasteiger partial charge in [0.1, 0.15) is 12.3 Å². The summed E-state index contributed by atoms with van der Waals surface area (Å²) in [5, 5.41) is 2.94. The van der Waals surface area contributed by atoms with Gasteiger partial charge in [-0.15, -0.1) is 0 Å². The first-order valence-corrected chi connectivity index (χ1v) is 8.34. The number of benzene rings is 2. The van der Waals surface area contributed by atoms with Crippen molar-refractivity contribution in [3.63, 3.8) is 0 Å². The molecular formula is C19H19ClN2O5. The van der Waals surface area contributed by atoms with Gasteiger partial charge in [0, 0.05) is 12.6 Å². The van der Waals surface area contributed by atoms with Crippen LogP contribution < -0.4 is 15.0 Å². The molecule has 0 bridgehead atoms. The maximum Gasteiger partial charge on any atom is 0.339 e. The number of carbonyl (C=O) groups excluding carboxylic acids is 3. The fourth-order valence-corrected chi connectivity index (χ4v) is 2.67. The van der Waals surface area contributed by atoms with Gasteiger partial charge < -0.3 is 19.7 Å². The van der Waals surface area contributed by atoms with Gasteiger partial charge in [-0.1, -0.05) is 23.7 Å². The summed E-state index contributed by atoms with van der Waals surface area (Å²) < 4.78 is 9.79. The van der Waals surface area contributed by atoms with Gasteiger partial charge in [-0.3, -0.25) is 9.59 Å². The average molecular weight is 391 g/mol. The highest BCUT2D eigenvalue weighted by molar-refractivity contribution is 6.32. The number of nitrogens with one attached hydrogen (secondary N) is 1. The Hall–Kier alpha value is -3.06. The van der Waals surface area contributed by atoms with Crippen LogP contribution in [0.25, 0.3) is 0 Å². The Morgan fingerprint density at radius 2 is 1.81 bits per heavy atom. The minimum atomic E-state index is -0.573. The van der Waals surface area contributed by atoms with E-state index < -0.39 is 11.9 Å². The Bertz CT molecular complexity index is 869. The fraction of sp³-hybridized carbons (Fsp3) is 0.211. The molecule has 2 rings (SSSR count). The van der Waals surface area contributed by atoms with Crippen LogP contribution in [0.4, 0.5) is 11.4 Å². The van der Waals surface area contributed by atoms with Crippen LogP contribution in [0.5, 0.6) is 5.75 Å². The highest BCUT2D eigenvalue weighted by atomic mass is 35.5. The zero-order chi connectivity index (χ0) is 20.0. The molecule has 27 heavy (non-hydrogen) atoms. The number of hydrogen-bond acceptors (Lipinski definition) is 5. The largest absolute Gasteiger partial charge is 0.495 e. The molecule has 0 saturated heterocycles. The van der Waals surface area contributed by atoms with Crippen molar-refractivity contribution in [2.45, 2.75) is 6.92 Å². The maximum absolute atomic E-state index is 12.5. The van der Waals surface area contributed by atoms with Gasteiger partial charge in [0.05, 0.1) is 30.5 Å². The molecule has 0 aliphatic heterocycles. The van der Waals surface area contributed by atoms with Crippen molar-refractivity contribution >= 4 is 40.8 Å². The number of para-hydroxylation sites is 1. The zero-order valence-corrected chi connectivity index (χ0v) is 15.9. The van der Waals surface area contributed by atoms with E-state index in [1.165, 1.54) is 38.2 Å². The predicted octanol–water partition coefficient (Wildman–Crippen LogP) is 3.13. The van der Waals surface area contributed by atoms with Gasteiger partial charge in [0.15, 0.2) is 0 Å². The summed E-state index contributed by atoms with van der Waals surface area (Å²) in [5.41, 5.74) is 0.963. The molecule has 0 aliphatic carbocycles. The van der Waals surface area contributed by atoms with Crippen LogP contribution in [0.2, 0.25) is 5.02 Å². The number of anilines is 2. The molecule has 0 unspecified atom stereocenters. The third-order valence-electron chi connectivity index (χ3n) is 3.74. The van der Waals surface area contributed by atoms with Gasteiger partial charge in [0.2, 0.25) is 11.8 Å². The summed E-state index contributed by atoms with van der Waals surface area (Å²) in [7, 11) is 2.74. The van der Waals surface area contributed by atoms with Crippen LogP contribution in [-0.2, 0) is 14.3 Å². The van der Waals surface area contributed by atoms with Crippen molar-refractivity contribution in [1.29, 1.82) is 0 Å². The van der Waals surface area contributed by atoms with Crippen molar-refractivity contribution in [3.05, 3.63) is 53.1 Å². The van der Waals surface area contributed by atoms with E-state index in [9.17, 15) is 14.4 Å². The van der Waals surface area contributed by atoms with Crippen molar-refractivity contribution < 1.29 is 23.9 Å². The molecule has 142 valence electrons. The first kappa shape index (κ1) is 20.3. The smallest absolute Gasteiger partial charge is 0.339 e. The van der Waals surface area contributed by atoms with E-state index in [2.05, 4.69) is 5.32 Å². The second-order valence-corrected chi connectivity index (χ2v) is 5.92. The molecule has 8 heteroatoms. The molecule has 0 aromatic heterocycles. The molecular weight excluding hydrogens is 372 g/mol. The maximum atomic E-state index is 12.5. The van der Waals surface area contributed by atoms with Crippen LogP contribution in [0.1, 0.15) is 17.3 Å². The lowest BCUT2D eigenvalue weighted by molar-refractivity contribution is -0.120. The topological polar surface area (TPSA) is 84.9 Å². The van der Waals surface area contributed by atoms with Gasteiger partial charge in [0.25, 0.3) is 0 Å². The third-order valence-corrected chi connectivity index (χ3v) is 4.03. The first-order valence-electron chi connectivity index (χ1n) is 7.96. The van der Waals surface area contributed by atoms with E-state index in [4.69, 9.17) is 21.1 Å². The summed E-state index contributed by atoms with van der Waals surface area (Å²) in [5.74, 6) is -0.933. The molecule has 0 atom stereocenters. The Labute approximate surface area is 161 Å². The number of methoxy groups -OCH3 is 2. The fourth-order valence-electron chi connectivity index (χ4n) is 2.42. The first-order chi connectivity index (χ1) is 12.9. The normalized spacial score (nSPS) is 10.1. The highest BCUT2D eigenvalue weighted by Gasteiger charge is 2.19. The van der Waals surface area contributed by atoms with Gasteiger partial charge in [-0.25, -0.2) is 4.79 Å². The quantitative estimate of drug-likeness (QED) is 0.766. The lowest BCUT2D eigenvalue weighted by atomic mass is 10.2. The van der Waals surface area contributed by atoms with E-state index >= 15 is 0 Å². The van der Waals surface area contributed by atoms with Crippen LogP contribution in [0, 0.1) is 0 Å². The average Bonchev–Trinajstić information content (AvgIpc) is 2.65. The lowest BCUT2D eigenvalue weighted by Crippen LogP contribution is -2.36. The lowest BCUT2D eigenvalue weighted by Gasteiger charge is -2.21. The van der Waals surface area contributed by atoms with Gasteiger partial charge in [-0.05, 0) is 30.3 Å². The number of ether oxygens (including phenoxy) is 2. The van der Waals surface area contributed by atoms with E-state index in [1.807, 2.05) is 0 Å². The molecule has 0 saturated carbocycles. The molecule has 0 aliphatic rings. The molecule has 0 spiro atoms. The number of rotatable bonds is 6. The third kappa shape index (κ3) is 4.98. The van der Waals surface area contributed by atoms with Crippen molar-refractivity contribution in [2.24, 2.45) is 0 Å². The number of nitrogens with zero attached hydrogens (tertiary/aromatic N) is 1. The second-order valence-electron chi connectivity index (χ2n) is 5.51. The molecule has 7 nitrogen and oxygen atoms in total. The van der Waals surface area contributed by atoms with E-state index in [0.717, 1.165) is 0 Å². The second kappa shape index (κ2) is 9.05. The Morgan fingerprint density at radius 1 is 1.11 bits per heavy atom. The molecule has 0 fully saturated rings. The van der Waals surface area contributed by atoms with Crippen LogP contribution in [-0.4, -0.2) is 38.5 Å². The summed E-state index contributed by atoms with van der Waals surface area (Å²) in [6.07, 6.45) is 0.